The van der Waals surface area contributed by atoms with Crippen LogP contribution in [0.25, 0.3) is 0 Å². The summed E-state index contributed by atoms with van der Waals surface area (Å²) < 4.78 is 4.88. The lowest BCUT2D eigenvalue weighted by atomic mass is 9.90. The molecular weight excluding hydrogens is 246 g/mol. The molecule has 1 heterocycles. The van der Waals surface area contributed by atoms with Crippen molar-refractivity contribution in [2.45, 2.75) is 46.1 Å². The number of amides is 3. The van der Waals surface area contributed by atoms with Gasteiger partial charge < -0.3 is 4.74 Å². The third kappa shape index (κ3) is 3.31. The first-order valence-electron chi connectivity index (χ1n) is 6.51. The maximum absolute atomic E-state index is 11.9. The van der Waals surface area contributed by atoms with Gasteiger partial charge in [-0.15, -0.1) is 0 Å². The summed E-state index contributed by atoms with van der Waals surface area (Å²) >= 11 is 0. The number of aliphatic imine (C=N–C) groups is 1. The monoisotopic (exact) mass is 265 g/mol. The highest BCUT2D eigenvalue weighted by molar-refractivity contribution is 6.04. The summed E-state index contributed by atoms with van der Waals surface area (Å²) in [6, 6.07) is 1.01. The second-order valence-corrected chi connectivity index (χ2v) is 4.42. The molecule has 104 valence electrons. The molecule has 0 saturated carbocycles. The lowest BCUT2D eigenvalue weighted by Gasteiger charge is -2.34. The van der Waals surface area contributed by atoms with Gasteiger partial charge in [0.2, 0.25) is 0 Å². The number of nitriles is 1. The molecular formula is C13H19N3O3. The fraction of sp³-hybridized carbons (Fsp3) is 0.692. The Morgan fingerprint density at radius 1 is 1.53 bits per heavy atom. The first kappa shape index (κ1) is 15.2. The van der Waals surface area contributed by atoms with Crippen LogP contribution in [0, 0.1) is 17.2 Å². The second-order valence-electron chi connectivity index (χ2n) is 4.42. The molecule has 1 aliphatic rings. The molecule has 3 amide bonds. The molecule has 1 aliphatic heterocycles. The Balaban J connectivity index is 3.05. The molecule has 0 saturated heterocycles. The lowest BCUT2D eigenvalue weighted by molar-refractivity contribution is 0.0960. The predicted molar refractivity (Wildman–Crippen MR) is 69.8 cm³/mol. The van der Waals surface area contributed by atoms with E-state index in [1.807, 2.05) is 6.92 Å². The van der Waals surface area contributed by atoms with Crippen molar-refractivity contribution < 1.29 is 14.3 Å². The third-order valence-electron chi connectivity index (χ3n) is 3.10. The number of urea groups is 1. The molecule has 0 fully saturated rings. The molecule has 2 unspecified atom stereocenters. The van der Waals surface area contributed by atoms with E-state index in [2.05, 4.69) is 11.1 Å². The summed E-state index contributed by atoms with van der Waals surface area (Å²) in [5.41, 5.74) is 0.467. The maximum Gasteiger partial charge on any atom is 0.418 e. The Hall–Kier alpha value is -1.90. The number of unbranched alkanes of at least 4 members (excludes halogenated alkanes) is 1. The van der Waals surface area contributed by atoms with Crippen LogP contribution >= 0.6 is 0 Å². The van der Waals surface area contributed by atoms with Gasteiger partial charge in [0.1, 0.15) is 5.92 Å². The van der Waals surface area contributed by atoms with Gasteiger partial charge in [0.05, 0.1) is 18.7 Å². The number of nitrogens with zero attached hydrogens (tertiary/aromatic N) is 3. The fourth-order valence-electron chi connectivity index (χ4n) is 2.14. The minimum atomic E-state index is -0.717. The Labute approximate surface area is 113 Å². The number of imide groups is 1. The zero-order valence-corrected chi connectivity index (χ0v) is 11.5. The van der Waals surface area contributed by atoms with Crippen molar-refractivity contribution in [3.05, 3.63) is 0 Å². The van der Waals surface area contributed by atoms with Gasteiger partial charge in [-0.25, -0.2) is 19.5 Å². The molecule has 0 bridgehead atoms. The molecule has 1 rings (SSSR count). The molecule has 0 aromatic rings. The van der Waals surface area contributed by atoms with E-state index in [1.165, 1.54) is 0 Å². The Bertz CT molecular complexity index is 425. The van der Waals surface area contributed by atoms with Crippen LogP contribution in [-0.2, 0) is 4.74 Å². The normalized spacial score (nSPS) is 22.7. The summed E-state index contributed by atoms with van der Waals surface area (Å²) in [5.74, 6) is -0.548. The number of hydrogen-bond acceptors (Lipinski definition) is 4. The number of rotatable bonds is 4. The molecule has 0 aromatic carbocycles. The molecule has 0 radical (unpaired) electrons. The molecule has 2 atom stereocenters. The van der Waals surface area contributed by atoms with Gasteiger partial charge in [0.15, 0.2) is 0 Å². The van der Waals surface area contributed by atoms with Crippen LogP contribution in [0.2, 0.25) is 0 Å². The summed E-state index contributed by atoms with van der Waals surface area (Å²) in [7, 11) is 0. The van der Waals surface area contributed by atoms with Crippen molar-refractivity contribution in [3.8, 4) is 6.07 Å². The second kappa shape index (κ2) is 6.88. The largest absolute Gasteiger partial charge is 0.449 e. The van der Waals surface area contributed by atoms with Crippen LogP contribution in [0.3, 0.4) is 0 Å². The highest BCUT2D eigenvalue weighted by atomic mass is 16.6. The smallest absolute Gasteiger partial charge is 0.418 e. The van der Waals surface area contributed by atoms with E-state index < -0.39 is 24.1 Å². The first-order chi connectivity index (χ1) is 9.06. The topological polar surface area (TPSA) is 82.8 Å². The fourth-order valence-corrected chi connectivity index (χ4v) is 2.14. The van der Waals surface area contributed by atoms with Crippen molar-refractivity contribution in [3.63, 3.8) is 0 Å². The van der Waals surface area contributed by atoms with Gasteiger partial charge in [0, 0.05) is 5.71 Å². The van der Waals surface area contributed by atoms with E-state index in [0.29, 0.717) is 12.1 Å². The lowest BCUT2D eigenvalue weighted by Crippen LogP contribution is -2.52. The molecule has 19 heavy (non-hydrogen) atoms. The van der Waals surface area contributed by atoms with E-state index in [-0.39, 0.29) is 6.61 Å². The van der Waals surface area contributed by atoms with Crippen molar-refractivity contribution >= 4 is 17.8 Å². The Kier molecular flexibility index (Phi) is 5.49. The van der Waals surface area contributed by atoms with Crippen molar-refractivity contribution in [1.82, 2.24) is 4.90 Å². The minimum absolute atomic E-state index is 0.184. The van der Waals surface area contributed by atoms with Gasteiger partial charge in [0.25, 0.3) is 0 Å². The highest BCUT2D eigenvalue weighted by Crippen LogP contribution is 2.25. The maximum atomic E-state index is 11.9. The SMILES string of the molecule is CCCCC1C(C#N)C(C)=NC(=O)N1C(=O)OCC. The number of carbonyl (C=O) groups excluding carboxylic acids is 2. The summed E-state index contributed by atoms with van der Waals surface area (Å²) in [4.78, 5) is 28.5. The Morgan fingerprint density at radius 3 is 2.74 bits per heavy atom. The van der Waals surface area contributed by atoms with Gasteiger partial charge in [-0.2, -0.15) is 5.26 Å². The third-order valence-corrected chi connectivity index (χ3v) is 3.10. The van der Waals surface area contributed by atoms with Crippen LogP contribution in [0.15, 0.2) is 4.99 Å². The molecule has 6 nitrogen and oxygen atoms in total. The van der Waals surface area contributed by atoms with Crippen LogP contribution < -0.4 is 0 Å². The molecule has 0 N–H and O–H groups in total. The van der Waals surface area contributed by atoms with E-state index in [0.717, 1.165) is 17.7 Å². The molecule has 0 aliphatic carbocycles. The van der Waals surface area contributed by atoms with E-state index >= 15 is 0 Å². The quantitative estimate of drug-likeness (QED) is 0.782. The zero-order valence-electron chi connectivity index (χ0n) is 11.5. The molecule has 6 heteroatoms. The minimum Gasteiger partial charge on any atom is -0.449 e. The first-order valence-corrected chi connectivity index (χ1v) is 6.51. The number of carbonyl (C=O) groups is 2. The van der Waals surface area contributed by atoms with Crippen LogP contribution in [0.5, 0.6) is 0 Å². The summed E-state index contributed by atoms with van der Waals surface area (Å²) in [6.45, 7) is 5.52. The standard InChI is InChI=1S/C13H19N3O3/c1-4-6-7-11-10(8-14)9(3)15-12(17)16(11)13(18)19-5-2/h10-11H,4-7H2,1-3H3. The van der Waals surface area contributed by atoms with Crippen LogP contribution in [0.1, 0.15) is 40.0 Å². The van der Waals surface area contributed by atoms with Crippen molar-refractivity contribution in [2.24, 2.45) is 10.9 Å². The summed E-state index contributed by atoms with van der Waals surface area (Å²) in [6.07, 6.45) is 1.63. The predicted octanol–water partition coefficient (Wildman–Crippen LogP) is 2.74. The average Bonchev–Trinajstić information content (AvgIpc) is 2.36. The number of ether oxygens (including phenoxy) is 1. The zero-order chi connectivity index (χ0) is 14.4. The molecule has 0 spiro atoms. The van der Waals surface area contributed by atoms with Gasteiger partial charge in [-0.3, -0.25) is 0 Å². The van der Waals surface area contributed by atoms with Crippen LogP contribution in [0.4, 0.5) is 9.59 Å². The van der Waals surface area contributed by atoms with Gasteiger partial charge in [-0.05, 0) is 20.3 Å². The van der Waals surface area contributed by atoms with E-state index in [1.54, 1.807) is 13.8 Å². The summed E-state index contributed by atoms with van der Waals surface area (Å²) in [5, 5.41) is 9.23. The van der Waals surface area contributed by atoms with Crippen molar-refractivity contribution in [1.29, 1.82) is 5.26 Å². The Morgan fingerprint density at radius 2 is 2.21 bits per heavy atom. The van der Waals surface area contributed by atoms with Gasteiger partial charge >= 0.3 is 12.1 Å². The highest BCUT2D eigenvalue weighted by Gasteiger charge is 2.41. The van der Waals surface area contributed by atoms with E-state index in [9.17, 15) is 14.9 Å². The van der Waals surface area contributed by atoms with E-state index in [4.69, 9.17) is 4.74 Å². The van der Waals surface area contributed by atoms with Gasteiger partial charge in [-0.1, -0.05) is 19.8 Å². The average molecular weight is 265 g/mol. The number of hydrogen-bond donors (Lipinski definition) is 0. The molecule has 0 aromatic heterocycles. The van der Waals surface area contributed by atoms with Crippen molar-refractivity contribution in [2.75, 3.05) is 6.61 Å². The van der Waals surface area contributed by atoms with Crippen LogP contribution in [-0.4, -0.2) is 35.4 Å².